The zero-order chi connectivity index (χ0) is 13.9. The number of halogens is 3. The van der Waals surface area contributed by atoms with Crippen molar-refractivity contribution in [3.05, 3.63) is 47.7 Å². The van der Waals surface area contributed by atoms with Gasteiger partial charge in [-0.1, -0.05) is 42.1 Å². The van der Waals surface area contributed by atoms with Crippen molar-refractivity contribution in [1.82, 2.24) is 9.78 Å². The lowest BCUT2D eigenvalue weighted by Gasteiger charge is -2.05. The van der Waals surface area contributed by atoms with Gasteiger partial charge in [0.05, 0.1) is 0 Å². The van der Waals surface area contributed by atoms with Crippen LogP contribution < -0.4 is 0 Å². The molecule has 0 aliphatic rings. The van der Waals surface area contributed by atoms with E-state index in [9.17, 15) is 13.2 Å². The third kappa shape index (κ3) is 4.31. The monoisotopic (exact) mass is 286 g/mol. The van der Waals surface area contributed by atoms with Crippen molar-refractivity contribution >= 4 is 11.8 Å². The quantitative estimate of drug-likeness (QED) is 0.789. The highest BCUT2D eigenvalue weighted by atomic mass is 32.2. The summed E-state index contributed by atoms with van der Waals surface area (Å²) in [6.45, 7) is 0.729. The average Bonchev–Trinajstić information content (AvgIpc) is 2.66. The fraction of sp³-hybridized carbons (Fsp3) is 0.308. The SMILES string of the molecule is Cc1cn(CC(F)(F)F)nc1SCc1ccccc1. The summed E-state index contributed by atoms with van der Waals surface area (Å²) in [5, 5.41) is 4.62. The fourth-order valence-corrected chi connectivity index (χ4v) is 2.58. The van der Waals surface area contributed by atoms with Crippen molar-refractivity contribution in [1.29, 1.82) is 0 Å². The zero-order valence-electron chi connectivity index (χ0n) is 10.3. The number of alkyl halides is 3. The molecule has 0 fully saturated rings. The van der Waals surface area contributed by atoms with Crippen LogP contribution in [0.25, 0.3) is 0 Å². The van der Waals surface area contributed by atoms with Gasteiger partial charge in [0.1, 0.15) is 11.6 Å². The van der Waals surface area contributed by atoms with E-state index < -0.39 is 12.7 Å². The van der Waals surface area contributed by atoms with Crippen LogP contribution in [0, 0.1) is 6.92 Å². The Kier molecular flexibility index (Phi) is 4.19. The number of thioether (sulfide) groups is 1. The normalized spacial score (nSPS) is 11.8. The third-order valence-corrected chi connectivity index (χ3v) is 3.61. The summed E-state index contributed by atoms with van der Waals surface area (Å²) in [6.07, 6.45) is -2.80. The minimum absolute atomic E-state index is 0.646. The summed E-state index contributed by atoms with van der Waals surface area (Å²) in [7, 11) is 0. The van der Waals surface area contributed by atoms with Crippen LogP contribution in [0.1, 0.15) is 11.1 Å². The first-order valence-electron chi connectivity index (χ1n) is 5.71. The third-order valence-electron chi connectivity index (χ3n) is 2.46. The second-order valence-corrected chi connectivity index (χ2v) is 5.17. The molecule has 0 bridgehead atoms. The van der Waals surface area contributed by atoms with Gasteiger partial charge >= 0.3 is 6.18 Å². The average molecular weight is 286 g/mol. The number of benzene rings is 1. The Morgan fingerprint density at radius 1 is 1.21 bits per heavy atom. The van der Waals surface area contributed by atoms with Gasteiger partial charge in [0, 0.05) is 17.5 Å². The summed E-state index contributed by atoms with van der Waals surface area (Å²) in [5.74, 6) is 0.699. The van der Waals surface area contributed by atoms with E-state index in [1.807, 2.05) is 30.3 Å². The van der Waals surface area contributed by atoms with Crippen LogP contribution in [0.4, 0.5) is 13.2 Å². The molecule has 102 valence electrons. The van der Waals surface area contributed by atoms with Crippen LogP contribution >= 0.6 is 11.8 Å². The van der Waals surface area contributed by atoms with Gasteiger partial charge in [-0.2, -0.15) is 18.3 Å². The number of hydrogen-bond acceptors (Lipinski definition) is 2. The number of nitrogens with zero attached hydrogens (tertiary/aromatic N) is 2. The Labute approximate surface area is 113 Å². The Balaban J connectivity index is 2.01. The molecule has 2 aromatic rings. The Morgan fingerprint density at radius 3 is 2.53 bits per heavy atom. The molecular weight excluding hydrogens is 273 g/mol. The highest BCUT2D eigenvalue weighted by Gasteiger charge is 2.28. The fourth-order valence-electron chi connectivity index (χ4n) is 1.64. The summed E-state index contributed by atoms with van der Waals surface area (Å²) in [5.41, 5.74) is 1.89. The second-order valence-electron chi connectivity index (χ2n) is 4.20. The number of hydrogen-bond donors (Lipinski definition) is 0. The molecule has 0 atom stereocenters. The minimum Gasteiger partial charge on any atom is -0.262 e. The molecule has 0 radical (unpaired) electrons. The number of aromatic nitrogens is 2. The van der Waals surface area contributed by atoms with Crippen molar-refractivity contribution in [2.75, 3.05) is 0 Å². The standard InChI is InChI=1S/C13H13F3N2S/c1-10-7-18(9-13(14,15)16)17-12(10)19-8-11-5-3-2-4-6-11/h2-7H,8-9H2,1H3. The van der Waals surface area contributed by atoms with Crippen LogP contribution in [0.15, 0.2) is 41.6 Å². The maximum atomic E-state index is 12.3. The lowest BCUT2D eigenvalue weighted by Crippen LogP contribution is -2.17. The van der Waals surface area contributed by atoms with E-state index in [-0.39, 0.29) is 0 Å². The van der Waals surface area contributed by atoms with Gasteiger partial charge in [0.2, 0.25) is 0 Å². The van der Waals surface area contributed by atoms with E-state index in [1.54, 1.807) is 6.92 Å². The van der Waals surface area contributed by atoms with Gasteiger partial charge in [-0.25, -0.2) is 0 Å². The van der Waals surface area contributed by atoms with Crippen molar-refractivity contribution in [2.24, 2.45) is 0 Å². The number of rotatable bonds is 4. The highest BCUT2D eigenvalue weighted by Crippen LogP contribution is 2.25. The van der Waals surface area contributed by atoms with Crippen molar-refractivity contribution in [2.45, 2.75) is 30.4 Å². The van der Waals surface area contributed by atoms with Gasteiger partial charge in [0.25, 0.3) is 0 Å². The molecule has 0 aliphatic carbocycles. The predicted octanol–water partition coefficient (Wildman–Crippen LogP) is 4.05. The molecular formula is C13H13F3N2S. The maximum Gasteiger partial charge on any atom is 0.408 e. The molecule has 6 heteroatoms. The smallest absolute Gasteiger partial charge is 0.262 e. The molecule has 0 spiro atoms. The molecule has 0 N–H and O–H groups in total. The highest BCUT2D eigenvalue weighted by molar-refractivity contribution is 7.98. The minimum atomic E-state index is -4.24. The van der Waals surface area contributed by atoms with Gasteiger partial charge in [-0.05, 0) is 12.5 Å². The molecule has 19 heavy (non-hydrogen) atoms. The zero-order valence-corrected chi connectivity index (χ0v) is 11.1. The maximum absolute atomic E-state index is 12.3. The second kappa shape index (κ2) is 5.69. The Morgan fingerprint density at radius 2 is 1.89 bits per heavy atom. The summed E-state index contributed by atoms with van der Waals surface area (Å²) < 4.78 is 37.7. The van der Waals surface area contributed by atoms with Gasteiger partial charge in [-0.3, -0.25) is 4.68 Å². The first-order chi connectivity index (χ1) is 8.94. The summed E-state index contributed by atoms with van der Waals surface area (Å²) in [4.78, 5) is 0. The van der Waals surface area contributed by atoms with E-state index in [0.29, 0.717) is 10.8 Å². The van der Waals surface area contributed by atoms with Crippen molar-refractivity contribution < 1.29 is 13.2 Å². The largest absolute Gasteiger partial charge is 0.408 e. The Hall–Kier alpha value is -1.43. The molecule has 2 nitrogen and oxygen atoms in total. The lowest BCUT2D eigenvalue weighted by atomic mass is 10.2. The van der Waals surface area contributed by atoms with Crippen LogP contribution in [-0.2, 0) is 12.3 Å². The number of aryl methyl sites for hydroxylation is 1. The van der Waals surface area contributed by atoms with E-state index in [4.69, 9.17) is 0 Å². The van der Waals surface area contributed by atoms with Crippen LogP contribution in [0.3, 0.4) is 0 Å². The van der Waals surface area contributed by atoms with Crippen molar-refractivity contribution in [3.8, 4) is 0 Å². The molecule has 0 saturated heterocycles. The molecule has 1 aromatic heterocycles. The molecule has 1 aromatic carbocycles. The first-order valence-corrected chi connectivity index (χ1v) is 6.70. The molecule has 1 heterocycles. The van der Waals surface area contributed by atoms with Gasteiger partial charge in [0.15, 0.2) is 0 Å². The lowest BCUT2D eigenvalue weighted by molar-refractivity contribution is -0.142. The molecule has 0 saturated carbocycles. The van der Waals surface area contributed by atoms with Crippen LogP contribution in [-0.4, -0.2) is 16.0 Å². The molecule has 2 rings (SSSR count). The van der Waals surface area contributed by atoms with E-state index in [2.05, 4.69) is 5.10 Å². The van der Waals surface area contributed by atoms with E-state index in [0.717, 1.165) is 15.8 Å². The van der Waals surface area contributed by atoms with E-state index >= 15 is 0 Å². The van der Waals surface area contributed by atoms with Gasteiger partial charge < -0.3 is 0 Å². The van der Waals surface area contributed by atoms with E-state index in [1.165, 1.54) is 18.0 Å². The first kappa shape index (κ1) is 14.0. The summed E-state index contributed by atoms with van der Waals surface area (Å²) >= 11 is 1.45. The Bertz CT molecular complexity index is 535. The molecule has 0 amide bonds. The van der Waals surface area contributed by atoms with Crippen LogP contribution in [0.2, 0.25) is 0 Å². The molecule has 0 aliphatic heterocycles. The van der Waals surface area contributed by atoms with Crippen LogP contribution in [0.5, 0.6) is 0 Å². The summed E-state index contributed by atoms with van der Waals surface area (Å²) in [6, 6.07) is 9.76. The molecule has 0 unspecified atom stereocenters. The predicted molar refractivity (Wildman–Crippen MR) is 69.0 cm³/mol. The van der Waals surface area contributed by atoms with Crippen molar-refractivity contribution in [3.63, 3.8) is 0 Å². The topological polar surface area (TPSA) is 17.8 Å². The van der Waals surface area contributed by atoms with Gasteiger partial charge in [-0.15, -0.1) is 0 Å².